The first-order valence-electron chi connectivity index (χ1n) is 6.87. The average Bonchev–Trinajstić information content (AvgIpc) is 2.48. The van der Waals surface area contributed by atoms with Gasteiger partial charge in [0, 0.05) is 0 Å². The van der Waals surface area contributed by atoms with Crippen LogP contribution in [0.4, 0.5) is 16.2 Å². The highest BCUT2D eigenvalue weighted by Gasteiger charge is 2.20. The maximum Gasteiger partial charge on any atom is 0.416 e. The molecule has 2 aromatic rings. The number of amides is 1. The lowest BCUT2D eigenvalue weighted by molar-refractivity contribution is 0.204. The Morgan fingerprint density at radius 1 is 1.00 bits per heavy atom. The molecular weight excluding hydrogens is 250 g/mol. The van der Waals surface area contributed by atoms with E-state index in [1.54, 1.807) is 0 Å². The van der Waals surface area contributed by atoms with E-state index in [4.69, 9.17) is 0 Å². The van der Waals surface area contributed by atoms with Crippen molar-refractivity contribution in [2.45, 2.75) is 26.7 Å². The fraction of sp³-hybridized carbons (Fsp3) is 0.235. The van der Waals surface area contributed by atoms with Crippen molar-refractivity contribution in [2.24, 2.45) is 0 Å². The molecule has 0 unspecified atom stereocenters. The van der Waals surface area contributed by atoms with Crippen LogP contribution in [0.2, 0.25) is 0 Å². The van der Waals surface area contributed by atoms with Crippen LogP contribution in [0.3, 0.4) is 0 Å². The quantitative estimate of drug-likeness (QED) is 0.879. The average molecular weight is 269 g/mol. The van der Waals surface area contributed by atoms with Gasteiger partial charge in [0.2, 0.25) is 0 Å². The van der Waals surface area contributed by atoms with E-state index in [1.165, 1.54) is 10.5 Å². The largest absolute Gasteiger partial charge is 0.464 e. The summed E-state index contributed by atoms with van der Waals surface area (Å²) in [7, 11) is 0. The van der Waals surface area contributed by atoms with E-state index in [2.05, 4.69) is 19.9 Å². The summed E-state index contributed by atoms with van der Waals surface area (Å²) in [5, 5.41) is 9.59. The second kappa shape index (κ2) is 6.24. The van der Waals surface area contributed by atoms with E-state index in [-0.39, 0.29) is 0 Å². The molecule has 0 radical (unpaired) electrons. The number of nitrogens with zero attached hydrogens (tertiary/aromatic N) is 1. The number of hydrogen-bond donors (Lipinski definition) is 1. The molecule has 1 N–H and O–H groups in total. The van der Waals surface area contributed by atoms with Gasteiger partial charge in [-0.1, -0.05) is 44.2 Å². The van der Waals surface area contributed by atoms with Crippen molar-refractivity contribution in [1.82, 2.24) is 0 Å². The normalized spacial score (nSPS) is 10.3. The van der Waals surface area contributed by atoms with Gasteiger partial charge in [-0.05, 0) is 42.2 Å². The Labute approximate surface area is 119 Å². The number of para-hydroxylation sites is 1. The molecule has 104 valence electrons. The lowest BCUT2D eigenvalue weighted by Crippen LogP contribution is -2.25. The Hall–Kier alpha value is -2.29. The van der Waals surface area contributed by atoms with Gasteiger partial charge in [-0.3, -0.25) is 0 Å². The third kappa shape index (κ3) is 2.67. The zero-order valence-electron chi connectivity index (χ0n) is 11.8. The fourth-order valence-electron chi connectivity index (χ4n) is 2.50. The zero-order chi connectivity index (χ0) is 14.5. The van der Waals surface area contributed by atoms with Gasteiger partial charge in [0.05, 0.1) is 11.4 Å². The predicted octanol–water partition coefficient (Wildman–Crippen LogP) is 4.63. The van der Waals surface area contributed by atoms with E-state index >= 15 is 0 Å². The first-order chi connectivity index (χ1) is 9.69. The molecule has 0 atom stereocenters. The van der Waals surface area contributed by atoms with Crippen molar-refractivity contribution in [3.8, 4) is 0 Å². The van der Waals surface area contributed by atoms with E-state index in [1.807, 2.05) is 42.5 Å². The minimum atomic E-state index is -0.959. The highest BCUT2D eigenvalue weighted by molar-refractivity contribution is 5.95. The van der Waals surface area contributed by atoms with Crippen molar-refractivity contribution >= 4 is 17.5 Å². The van der Waals surface area contributed by atoms with Crippen LogP contribution < -0.4 is 4.90 Å². The van der Waals surface area contributed by atoms with Crippen LogP contribution in [-0.4, -0.2) is 11.2 Å². The van der Waals surface area contributed by atoms with E-state index in [9.17, 15) is 9.90 Å². The van der Waals surface area contributed by atoms with Crippen LogP contribution in [0.1, 0.15) is 25.0 Å². The Morgan fingerprint density at radius 2 is 1.70 bits per heavy atom. The number of carbonyl (C=O) groups is 1. The second-order valence-corrected chi connectivity index (χ2v) is 4.58. The molecular formula is C17H19NO2. The number of rotatable bonds is 4. The molecule has 1 amide bonds. The maximum atomic E-state index is 11.7. The van der Waals surface area contributed by atoms with Gasteiger partial charge in [-0.15, -0.1) is 0 Å². The van der Waals surface area contributed by atoms with E-state index in [0.717, 1.165) is 24.1 Å². The third-order valence-corrected chi connectivity index (χ3v) is 3.43. The molecule has 0 bridgehead atoms. The van der Waals surface area contributed by atoms with Crippen LogP contribution in [0, 0.1) is 0 Å². The summed E-state index contributed by atoms with van der Waals surface area (Å²) in [6.45, 7) is 4.15. The Morgan fingerprint density at radius 3 is 2.25 bits per heavy atom. The first kappa shape index (κ1) is 14.1. The number of benzene rings is 2. The van der Waals surface area contributed by atoms with Gasteiger partial charge >= 0.3 is 6.09 Å². The molecule has 3 nitrogen and oxygen atoms in total. The molecule has 2 rings (SSSR count). The Kier molecular flexibility index (Phi) is 4.41. The van der Waals surface area contributed by atoms with Crippen molar-refractivity contribution in [3.63, 3.8) is 0 Å². The van der Waals surface area contributed by atoms with Gasteiger partial charge in [-0.2, -0.15) is 0 Å². The number of hydrogen-bond acceptors (Lipinski definition) is 1. The Bertz CT molecular complexity index is 593. The standard InChI is InChI=1S/C17H19NO2/c1-3-13-9-8-12-16(15(13)4-2)18(17(19)20)14-10-6-5-7-11-14/h5-12H,3-4H2,1-2H3,(H,19,20). The van der Waals surface area contributed by atoms with Crippen LogP contribution in [-0.2, 0) is 12.8 Å². The highest BCUT2D eigenvalue weighted by atomic mass is 16.4. The lowest BCUT2D eigenvalue weighted by atomic mass is 10.00. The van der Waals surface area contributed by atoms with Gasteiger partial charge in [0.1, 0.15) is 0 Å². The van der Waals surface area contributed by atoms with Crippen LogP contribution >= 0.6 is 0 Å². The molecule has 2 aromatic carbocycles. The molecule has 0 aliphatic carbocycles. The number of anilines is 2. The first-order valence-corrected chi connectivity index (χ1v) is 6.87. The summed E-state index contributed by atoms with van der Waals surface area (Å²) < 4.78 is 0. The molecule has 0 heterocycles. The molecule has 3 heteroatoms. The summed E-state index contributed by atoms with van der Waals surface area (Å²) in [6.07, 6.45) is 0.758. The summed E-state index contributed by atoms with van der Waals surface area (Å²) in [5.41, 5.74) is 3.72. The van der Waals surface area contributed by atoms with Crippen LogP contribution in [0.5, 0.6) is 0 Å². The number of aryl methyl sites for hydroxylation is 1. The predicted molar refractivity (Wildman–Crippen MR) is 81.8 cm³/mol. The van der Waals surface area contributed by atoms with Crippen molar-refractivity contribution in [3.05, 3.63) is 59.7 Å². The summed E-state index contributed by atoms with van der Waals surface area (Å²) >= 11 is 0. The van der Waals surface area contributed by atoms with E-state index in [0.29, 0.717) is 5.69 Å². The van der Waals surface area contributed by atoms with E-state index < -0.39 is 6.09 Å². The molecule has 0 saturated carbocycles. The molecule has 0 aliphatic rings. The second-order valence-electron chi connectivity index (χ2n) is 4.58. The highest BCUT2D eigenvalue weighted by Crippen LogP contribution is 2.31. The molecule has 0 fully saturated rings. The van der Waals surface area contributed by atoms with Gasteiger partial charge in [0.15, 0.2) is 0 Å². The minimum Gasteiger partial charge on any atom is -0.464 e. The van der Waals surface area contributed by atoms with Crippen LogP contribution in [0.25, 0.3) is 0 Å². The van der Waals surface area contributed by atoms with Gasteiger partial charge in [-0.25, -0.2) is 9.69 Å². The molecule has 20 heavy (non-hydrogen) atoms. The smallest absolute Gasteiger partial charge is 0.416 e. The van der Waals surface area contributed by atoms with Crippen LogP contribution in [0.15, 0.2) is 48.5 Å². The molecule has 0 aliphatic heterocycles. The molecule has 0 aromatic heterocycles. The van der Waals surface area contributed by atoms with Crippen molar-refractivity contribution in [1.29, 1.82) is 0 Å². The van der Waals surface area contributed by atoms with Crippen molar-refractivity contribution < 1.29 is 9.90 Å². The SMILES string of the molecule is CCc1cccc(N(C(=O)O)c2ccccc2)c1CC. The summed E-state index contributed by atoms with van der Waals surface area (Å²) in [6, 6.07) is 15.1. The van der Waals surface area contributed by atoms with Gasteiger partial charge < -0.3 is 5.11 Å². The summed E-state index contributed by atoms with van der Waals surface area (Å²) in [5.74, 6) is 0. The van der Waals surface area contributed by atoms with Gasteiger partial charge in [0.25, 0.3) is 0 Å². The molecule has 0 spiro atoms. The number of carboxylic acid groups (broad SMARTS) is 1. The topological polar surface area (TPSA) is 40.5 Å². The maximum absolute atomic E-state index is 11.7. The summed E-state index contributed by atoms with van der Waals surface area (Å²) in [4.78, 5) is 13.1. The third-order valence-electron chi connectivity index (χ3n) is 3.43. The minimum absolute atomic E-state index is 0.669. The zero-order valence-corrected chi connectivity index (χ0v) is 11.8. The monoisotopic (exact) mass is 269 g/mol. The Balaban J connectivity index is 2.59. The molecule has 0 saturated heterocycles. The van der Waals surface area contributed by atoms with Crippen molar-refractivity contribution in [2.75, 3.05) is 4.90 Å². The fourth-order valence-corrected chi connectivity index (χ4v) is 2.50. The lowest BCUT2D eigenvalue weighted by Gasteiger charge is -2.23.